The van der Waals surface area contributed by atoms with Gasteiger partial charge in [-0.15, -0.1) is 11.3 Å². The number of aromatic nitrogens is 1. The maximum atomic E-state index is 12.7. The zero-order valence-corrected chi connectivity index (χ0v) is 15.7. The van der Waals surface area contributed by atoms with Crippen molar-refractivity contribution in [1.82, 2.24) is 15.2 Å². The SMILES string of the molecule is Cc1ncsc1CCCNC(=O)[C@H]1CCCCN1Cc1ccccc1. The van der Waals surface area contributed by atoms with E-state index in [2.05, 4.69) is 39.5 Å². The Balaban J connectivity index is 1.48. The largest absolute Gasteiger partial charge is 0.355 e. The Morgan fingerprint density at radius 2 is 2.16 bits per heavy atom. The number of carbonyl (C=O) groups excluding carboxylic acids is 1. The molecule has 1 amide bonds. The summed E-state index contributed by atoms with van der Waals surface area (Å²) in [5.74, 6) is 0.191. The van der Waals surface area contributed by atoms with Crippen LogP contribution in [0.1, 0.15) is 41.8 Å². The topological polar surface area (TPSA) is 45.2 Å². The Bertz CT molecular complexity index is 671. The molecule has 0 spiro atoms. The van der Waals surface area contributed by atoms with Crippen LogP contribution in [-0.2, 0) is 17.8 Å². The van der Waals surface area contributed by atoms with E-state index in [1.165, 1.54) is 16.9 Å². The third kappa shape index (κ3) is 5.13. The minimum atomic E-state index is 0.0131. The summed E-state index contributed by atoms with van der Waals surface area (Å²) in [6.07, 6.45) is 5.26. The summed E-state index contributed by atoms with van der Waals surface area (Å²) in [6.45, 7) is 4.66. The van der Waals surface area contributed by atoms with Crippen molar-refractivity contribution in [2.45, 2.75) is 51.6 Å². The fraction of sp³-hybridized carbons (Fsp3) is 0.500. The summed E-state index contributed by atoms with van der Waals surface area (Å²) < 4.78 is 0. The molecule has 134 valence electrons. The first-order valence-corrected chi connectivity index (χ1v) is 10.1. The lowest BCUT2D eigenvalue weighted by molar-refractivity contribution is -0.127. The second-order valence-corrected chi connectivity index (χ2v) is 7.66. The monoisotopic (exact) mass is 357 g/mol. The van der Waals surface area contributed by atoms with Crippen molar-refractivity contribution in [2.75, 3.05) is 13.1 Å². The molecule has 0 unspecified atom stereocenters. The molecule has 0 saturated carbocycles. The van der Waals surface area contributed by atoms with Crippen LogP contribution >= 0.6 is 11.3 Å². The fourth-order valence-corrected chi connectivity index (χ4v) is 4.26. The molecule has 1 N–H and O–H groups in total. The maximum Gasteiger partial charge on any atom is 0.237 e. The number of amides is 1. The van der Waals surface area contributed by atoms with E-state index in [4.69, 9.17) is 0 Å². The highest BCUT2D eigenvalue weighted by Crippen LogP contribution is 2.20. The van der Waals surface area contributed by atoms with E-state index in [0.29, 0.717) is 0 Å². The van der Waals surface area contributed by atoms with E-state index in [-0.39, 0.29) is 11.9 Å². The molecule has 0 radical (unpaired) electrons. The van der Waals surface area contributed by atoms with Crippen LogP contribution in [0.4, 0.5) is 0 Å². The van der Waals surface area contributed by atoms with Gasteiger partial charge in [0.05, 0.1) is 17.2 Å². The minimum Gasteiger partial charge on any atom is -0.355 e. The zero-order chi connectivity index (χ0) is 17.5. The van der Waals surface area contributed by atoms with Gasteiger partial charge in [0.1, 0.15) is 0 Å². The van der Waals surface area contributed by atoms with E-state index in [0.717, 1.165) is 51.0 Å². The molecule has 4 nitrogen and oxygen atoms in total. The summed E-state index contributed by atoms with van der Waals surface area (Å²) in [4.78, 5) is 20.6. The van der Waals surface area contributed by atoms with Gasteiger partial charge in [-0.1, -0.05) is 36.8 Å². The number of nitrogens with one attached hydrogen (secondary N) is 1. The standard InChI is InChI=1S/C20H27N3OS/c1-16-19(25-15-22-16)11-7-12-21-20(24)18-10-5-6-13-23(18)14-17-8-3-2-4-9-17/h2-4,8-9,15,18H,5-7,10-14H2,1H3,(H,21,24)/t18-/m1/s1. The van der Waals surface area contributed by atoms with Crippen LogP contribution in [0.25, 0.3) is 0 Å². The van der Waals surface area contributed by atoms with Gasteiger partial charge in [-0.05, 0) is 44.7 Å². The molecule has 0 bridgehead atoms. The first-order valence-electron chi connectivity index (χ1n) is 9.18. The lowest BCUT2D eigenvalue weighted by Gasteiger charge is -2.34. The lowest BCUT2D eigenvalue weighted by Crippen LogP contribution is -2.49. The highest BCUT2D eigenvalue weighted by atomic mass is 32.1. The predicted octanol–water partition coefficient (Wildman–Crippen LogP) is 3.56. The van der Waals surface area contributed by atoms with Crippen molar-refractivity contribution in [3.05, 3.63) is 52.0 Å². The smallest absolute Gasteiger partial charge is 0.237 e. The van der Waals surface area contributed by atoms with Gasteiger partial charge in [0.15, 0.2) is 0 Å². The first-order chi connectivity index (χ1) is 12.2. The van der Waals surface area contributed by atoms with Gasteiger partial charge >= 0.3 is 0 Å². The molecule has 25 heavy (non-hydrogen) atoms. The Morgan fingerprint density at radius 1 is 1.32 bits per heavy atom. The molecule has 1 aliphatic rings. The second kappa shape index (κ2) is 9.11. The Kier molecular flexibility index (Phi) is 6.59. The van der Waals surface area contributed by atoms with Crippen molar-refractivity contribution < 1.29 is 4.79 Å². The molecule has 5 heteroatoms. The van der Waals surface area contributed by atoms with Crippen molar-refractivity contribution in [1.29, 1.82) is 0 Å². The summed E-state index contributed by atoms with van der Waals surface area (Å²) in [5.41, 5.74) is 4.30. The molecule has 1 fully saturated rings. The highest BCUT2D eigenvalue weighted by molar-refractivity contribution is 7.09. The second-order valence-electron chi connectivity index (χ2n) is 6.72. The van der Waals surface area contributed by atoms with Crippen LogP contribution in [-0.4, -0.2) is 34.9 Å². The van der Waals surface area contributed by atoms with Gasteiger partial charge in [0.2, 0.25) is 5.91 Å². The molecule has 1 aromatic carbocycles. The summed E-state index contributed by atoms with van der Waals surface area (Å²) in [5, 5.41) is 3.15. The minimum absolute atomic E-state index is 0.0131. The van der Waals surface area contributed by atoms with Gasteiger partial charge in [0.25, 0.3) is 0 Å². The molecule has 0 aliphatic carbocycles. The van der Waals surface area contributed by atoms with Crippen LogP contribution in [0.15, 0.2) is 35.8 Å². The Morgan fingerprint density at radius 3 is 2.92 bits per heavy atom. The number of carbonyl (C=O) groups is 1. The average Bonchev–Trinajstić information content (AvgIpc) is 3.05. The lowest BCUT2D eigenvalue weighted by atomic mass is 10.0. The number of hydrogen-bond donors (Lipinski definition) is 1. The molecule has 2 heterocycles. The fourth-order valence-electron chi connectivity index (χ4n) is 3.44. The van der Waals surface area contributed by atoms with Crippen molar-refractivity contribution in [2.24, 2.45) is 0 Å². The van der Waals surface area contributed by atoms with Crippen LogP contribution in [0.2, 0.25) is 0 Å². The Hall–Kier alpha value is -1.72. The van der Waals surface area contributed by atoms with Crippen molar-refractivity contribution >= 4 is 17.2 Å². The summed E-state index contributed by atoms with van der Waals surface area (Å²) in [6, 6.07) is 10.5. The zero-order valence-electron chi connectivity index (χ0n) is 14.9. The molecule has 1 atom stereocenters. The number of benzene rings is 1. The van der Waals surface area contributed by atoms with Gasteiger partial charge < -0.3 is 5.32 Å². The molecule has 2 aromatic rings. The third-order valence-corrected chi connectivity index (χ3v) is 5.86. The van der Waals surface area contributed by atoms with Crippen LogP contribution in [0.5, 0.6) is 0 Å². The number of thiazole rings is 1. The number of aryl methyl sites for hydroxylation is 2. The summed E-state index contributed by atoms with van der Waals surface area (Å²) in [7, 11) is 0. The molecule has 1 aromatic heterocycles. The maximum absolute atomic E-state index is 12.7. The third-order valence-electron chi connectivity index (χ3n) is 4.87. The van der Waals surface area contributed by atoms with Gasteiger partial charge in [0, 0.05) is 18.0 Å². The number of hydrogen-bond acceptors (Lipinski definition) is 4. The number of piperidine rings is 1. The number of likely N-dealkylation sites (tertiary alicyclic amines) is 1. The highest BCUT2D eigenvalue weighted by Gasteiger charge is 2.28. The molecule has 3 rings (SSSR count). The quantitative estimate of drug-likeness (QED) is 0.771. The van der Waals surface area contributed by atoms with E-state index in [1.807, 2.05) is 18.5 Å². The van der Waals surface area contributed by atoms with E-state index in [9.17, 15) is 4.79 Å². The van der Waals surface area contributed by atoms with Crippen molar-refractivity contribution in [3.63, 3.8) is 0 Å². The normalized spacial score (nSPS) is 18.2. The van der Waals surface area contributed by atoms with E-state index < -0.39 is 0 Å². The van der Waals surface area contributed by atoms with Crippen LogP contribution in [0.3, 0.4) is 0 Å². The Labute approximate surface area is 154 Å². The van der Waals surface area contributed by atoms with E-state index >= 15 is 0 Å². The van der Waals surface area contributed by atoms with Gasteiger partial charge in [-0.2, -0.15) is 0 Å². The average molecular weight is 358 g/mol. The number of rotatable bonds is 7. The summed E-state index contributed by atoms with van der Waals surface area (Å²) >= 11 is 1.71. The predicted molar refractivity (Wildman–Crippen MR) is 103 cm³/mol. The first kappa shape index (κ1) is 18.1. The van der Waals surface area contributed by atoms with Crippen LogP contribution < -0.4 is 5.32 Å². The van der Waals surface area contributed by atoms with Gasteiger partial charge in [-0.3, -0.25) is 9.69 Å². The molecular formula is C20H27N3OS. The van der Waals surface area contributed by atoms with E-state index in [1.54, 1.807) is 11.3 Å². The molecule has 1 aliphatic heterocycles. The number of nitrogens with zero attached hydrogens (tertiary/aromatic N) is 2. The molecular weight excluding hydrogens is 330 g/mol. The van der Waals surface area contributed by atoms with Crippen LogP contribution in [0, 0.1) is 6.92 Å². The van der Waals surface area contributed by atoms with Gasteiger partial charge in [-0.25, -0.2) is 4.98 Å². The van der Waals surface area contributed by atoms with Crippen molar-refractivity contribution in [3.8, 4) is 0 Å². The molecule has 1 saturated heterocycles.